The molecular weight excluding hydrogens is 326 g/mol. The van der Waals surface area contributed by atoms with Gasteiger partial charge in [-0.15, -0.1) is 0 Å². The molecule has 0 radical (unpaired) electrons. The molecule has 1 aliphatic heterocycles. The van der Waals surface area contributed by atoms with Crippen LogP contribution in [0.1, 0.15) is 24.2 Å². The smallest absolute Gasteiger partial charge is 0.205 e. The van der Waals surface area contributed by atoms with Crippen LogP contribution in [-0.2, 0) is 13.0 Å². The van der Waals surface area contributed by atoms with E-state index in [9.17, 15) is 0 Å². The molecule has 0 unspecified atom stereocenters. The molecule has 2 aromatic heterocycles. The molecule has 9 heteroatoms. The van der Waals surface area contributed by atoms with Gasteiger partial charge in [-0.05, 0) is 6.92 Å². The molecule has 0 spiro atoms. The van der Waals surface area contributed by atoms with Crippen molar-refractivity contribution in [3.8, 4) is 0 Å². The van der Waals surface area contributed by atoms with E-state index in [1.165, 1.54) is 11.5 Å². The Kier molecular flexibility index (Phi) is 5.29. The molecule has 0 saturated carbocycles. The predicted octanol–water partition coefficient (Wildman–Crippen LogP) is 1.29. The fourth-order valence-electron chi connectivity index (χ4n) is 2.62. The third-order valence-corrected chi connectivity index (χ3v) is 4.75. The molecule has 0 bridgehead atoms. The second-order valence-electron chi connectivity index (χ2n) is 5.66. The van der Waals surface area contributed by atoms with Crippen LogP contribution in [0.4, 0.5) is 5.13 Å². The highest BCUT2D eigenvalue weighted by Crippen LogP contribution is 2.19. The fourth-order valence-corrected chi connectivity index (χ4v) is 3.43. The number of anilines is 1. The number of guanidine groups is 1. The first-order valence-electron chi connectivity index (χ1n) is 8.15. The van der Waals surface area contributed by atoms with Crippen LogP contribution >= 0.6 is 11.5 Å². The number of aromatic nitrogens is 3. The summed E-state index contributed by atoms with van der Waals surface area (Å²) in [7, 11) is 1.80. The Morgan fingerprint density at radius 2 is 2.17 bits per heavy atom. The van der Waals surface area contributed by atoms with E-state index in [-0.39, 0.29) is 0 Å². The van der Waals surface area contributed by atoms with E-state index in [1.807, 2.05) is 13.0 Å². The Morgan fingerprint density at radius 1 is 1.38 bits per heavy atom. The van der Waals surface area contributed by atoms with Crippen LogP contribution in [0, 0.1) is 6.92 Å². The molecule has 1 N–H and O–H groups in total. The predicted molar refractivity (Wildman–Crippen MR) is 94.5 cm³/mol. The lowest BCUT2D eigenvalue weighted by Gasteiger charge is -2.36. The SMILES string of the molecule is CCc1nsc(N2CCN(C(=NC)NCc3cc(C)no3)CC2)n1. The summed E-state index contributed by atoms with van der Waals surface area (Å²) in [4.78, 5) is 13.5. The number of nitrogens with one attached hydrogen (secondary N) is 1. The summed E-state index contributed by atoms with van der Waals surface area (Å²) in [5, 5.41) is 8.25. The quantitative estimate of drug-likeness (QED) is 0.658. The Balaban J connectivity index is 1.52. The monoisotopic (exact) mass is 349 g/mol. The minimum Gasteiger partial charge on any atom is -0.359 e. The molecule has 24 heavy (non-hydrogen) atoms. The molecule has 0 aromatic carbocycles. The van der Waals surface area contributed by atoms with Gasteiger partial charge in [0.15, 0.2) is 11.7 Å². The van der Waals surface area contributed by atoms with Crippen molar-refractivity contribution in [3.63, 3.8) is 0 Å². The molecule has 3 rings (SSSR count). The summed E-state index contributed by atoms with van der Waals surface area (Å²) in [5.74, 6) is 2.63. The minimum atomic E-state index is 0.587. The van der Waals surface area contributed by atoms with Crippen molar-refractivity contribution in [2.24, 2.45) is 4.99 Å². The third kappa shape index (κ3) is 3.84. The summed E-state index contributed by atoms with van der Waals surface area (Å²) in [6.07, 6.45) is 0.883. The lowest BCUT2D eigenvalue weighted by Crippen LogP contribution is -2.52. The molecule has 0 atom stereocenters. The van der Waals surface area contributed by atoms with Gasteiger partial charge in [0.2, 0.25) is 5.13 Å². The zero-order valence-corrected chi connectivity index (χ0v) is 15.1. The first kappa shape index (κ1) is 16.7. The zero-order chi connectivity index (χ0) is 16.9. The highest BCUT2D eigenvalue weighted by Gasteiger charge is 2.22. The van der Waals surface area contributed by atoms with Gasteiger partial charge in [-0.1, -0.05) is 12.1 Å². The number of hydrogen-bond acceptors (Lipinski definition) is 7. The highest BCUT2D eigenvalue weighted by atomic mass is 32.1. The number of aliphatic imine (C=N–C) groups is 1. The van der Waals surface area contributed by atoms with Crippen molar-refractivity contribution in [3.05, 3.63) is 23.3 Å². The summed E-state index contributed by atoms with van der Waals surface area (Å²) in [6.45, 7) is 8.21. The summed E-state index contributed by atoms with van der Waals surface area (Å²) >= 11 is 1.49. The van der Waals surface area contributed by atoms with E-state index < -0.39 is 0 Å². The summed E-state index contributed by atoms with van der Waals surface area (Å²) in [6, 6.07) is 1.93. The normalized spacial score (nSPS) is 15.9. The van der Waals surface area contributed by atoms with Crippen molar-refractivity contribution >= 4 is 22.6 Å². The number of nitrogens with zero attached hydrogens (tertiary/aromatic N) is 6. The maximum Gasteiger partial charge on any atom is 0.205 e. The van der Waals surface area contributed by atoms with Gasteiger partial charge in [0.05, 0.1) is 12.2 Å². The topological polar surface area (TPSA) is 82.7 Å². The second-order valence-corrected chi connectivity index (χ2v) is 6.39. The zero-order valence-electron chi connectivity index (χ0n) is 14.3. The molecule has 130 valence electrons. The minimum absolute atomic E-state index is 0.587. The van der Waals surface area contributed by atoms with Crippen molar-refractivity contribution in [2.75, 3.05) is 38.1 Å². The molecule has 2 aromatic rings. The number of rotatable bonds is 4. The van der Waals surface area contributed by atoms with Crippen molar-refractivity contribution < 1.29 is 4.52 Å². The van der Waals surface area contributed by atoms with Crippen molar-refractivity contribution in [1.29, 1.82) is 0 Å². The fraction of sp³-hybridized carbons (Fsp3) is 0.600. The molecule has 8 nitrogen and oxygen atoms in total. The highest BCUT2D eigenvalue weighted by molar-refractivity contribution is 7.09. The Labute approximate surface area is 145 Å². The van der Waals surface area contributed by atoms with Gasteiger partial charge >= 0.3 is 0 Å². The summed E-state index contributed by atoms with van der Waals surface area (Å²) in [5.41, 5.74) is 0.888. The second kappa shape index (κ2) is 7.61. The van der Waals surface area contributed by atoms with Gasteiger partial charge in [0, 0.05) is 57.2 Å². The van der Waals surface area contributed by atoms with Gasteiger partial charge in [0.25, 0.3) is 0 Å². The van der Waals surface area contributed by atoms with E-state index in [0.717, 1.165) is 61.0 Å². The lowest BCUT2D eigenvalue weighted by molar-refractivity contribution is 0.357. The lowest BCUT2D eigenvalue weighted by atomic mass is 10.3. The van der Waals surface area contributed by atoms with Crippen LogP contribution < -0.4 is 10.2 Å². The molecule has 3 heterocycles. The van der Waals surface area contributed by atoms with E-state index >= 15 is 0 Å². The molecular formula is C15H23N7OS. The molecule has 0 aliphatic carbocycles. The van der Waals surface area contributed by atoms with E-state index in [2.05, 4.69) is 41.5 Å². The third-order valence-electron chi connectivity index (χ3n) is 3.93. The van der Waals surface area contributed by atoms with Crippen LogP contribution in [0.2, 0.25) is 0 Å². The average Bonchev–Trinajstić information content (AvgIpc) is 3.25. The Hall–Kier alpha value is -2.16. The summed E-state index contributed by atoms with van der Waals surface area (Å²) < 4.78 is 9.59. The van der Waals surface area contributed by atoms with Crippen LogP contribution in [-0.4, -0.2) is 58.6 Å². The standard InChI is InChI=1S/C15H23N7OS/c1-4-13-18-15(24-20-13)22-7-5-21(6-8-22)14(16-3)17-10-12-9-11(2)19-23-12/h9H,4-8,10H2,1-3H3,(H,16,17). The maximum atomic E-state index is 5.23. The van der Waals surface area contributed by atoms with Gasteiger partial charge < -0.3 is 19.6 Å². The van der Waals surface area contributed by atoms with Crippen LogP contribution in [0.15, 0.2) is 15.6 Å². The number of piperazine rings is 1. The first-order valence-corrected chi connectivity index (χ1v) is 8.92. The van der Waals surface area contributed by atoms with Crippen LogP contribution in [0.25, 0.3) is 0 Å². The van der Waals surface area contributed by atoms with Gasteiger partial charge in [-0.2, -0.15) is 4.37 Å². The van der Waals surface area contributed by atoms with Crippen LogP contribution in [0.3, 0.4) is 0 Å². The molecule has 1 saturated heterocycles. The van der Waals surface area contributed by atoms with E-state index in [0.29, 0.717) is 6.54 Å². The van der Waals surface area contributed by atoms with Gasteiger partial charge in [-0.3, -0.25) is 4.99 Å². The number of hydrogen-bond donors (Lipinski definition) is 1. The number of aryl methyl sites for hydroxylation is 2. The average molecular weight is 349 g/mol. The van der Waals surface area contributed by atoms with Gasteiger partial charge in [-0.25, -0.2) is 4.98 Å². The molecule has 1 aliphatic rings. The van der Waals surface area contributed by atoms with Crippen molar-refractivity contribution in [2.45, 2.75) is 26.8 Å². The molecule has 1 fully saturated rings. The van der Waals surface area contributed by atoms with Gasteiger partial charge in [0.1, 0.15) is 5.82 Å². The largest absolute Gasteiger partial charge is 0.359 e. The first-order chi connectivity index (χ1) is 11.7. The van der Waals surface area contributed by atoms with Crippen molar-refractivity contribution in [1.82, 2.24) is 24.7 Å². The Bertz CT molecular complexity index is 688. The van der Waals surface area contributed by atoms with E-state index in [4.69, 9.17) is 4.52 Å². The van der Waals surface area contributed by atoms with Crippen LogP contribution in [0.5, 0.6) is 0 Å². The maximum absolute atomic E-state index is 5.23. The molecule has 0 amide bonds. The Morgan fingerprint density at radius 3 is 2.75 bits per heavy atom. The van der Waals surface area contributed by atoms with E-state index in [1.54, 1.807) is 7.05 Å².